The van der Waals surface area contributed by atoms with E-state index in [9.17, 15) is 4.39 Å². The van der Waals surface area contributed by atoms with Gasteiger partial charge in [0.1, 0.15) is 0 Å². The molecule has 1 aromatic carbocycles. The molecule has 8 nitrogen and oxygen atoms in total. The summed E-state index contributed by atoms with van der Waals surface area (Å²) in [7, 11) is 1.47. The van der Waals surface area contributed by atoms with Crippen LogP contribution in [0.2, 0.25) is 0 Å². The zero-order chi connectivity index (χ0) is 23.2. The summed E-state index contributed by atoms with van der Waals surface area (Å²) in [6, 6.07) is 5.19. The van der Waals surface area contributed by atoms with E-state index in [2.05, 4.69) is 27.1 Å². The van der Waals surface area contributed by atoms with E-state index in [4.69, 9.17) is 15.5 Å². The van der Waals surface area contributed by atoms with Crippen molar-refractivity contribution in [1.82, 2.24) is 19.9 Å². The predicted molar refractivity (Wildman–Crippen MR) is 137 cm³/mol. The van der Waals surface area contributed by atoms with Crippen molar-refractivity contribution in [2.24, 2.45) is 5.92 Å². The third-order valence-corrected chi connectivity index (χ3v) is 6.90. The maximum Gasteiger partial charge on any atom is 0.236 e. The van der Waals surface area contributed by atoms with Crippen molar-refractivity contribution < 1.29 is 9.13 Å². The standard InChI is InChI=1S/C24H36FN7O.ClH/c1-3-31-13-7-10-19(31)16-32(18-11-12-20(25)21(14-18)33-2)24-29-22(26)28-23(30-24)27-15-17-8-5-4-6-9-17;/h11-12,14,17,19H,3-10,13,15-16H2,1-2H3,(H3,26,27,28,29,30);1H. The summed E-state index contributed by atoms with van der Waals surface area (Å²) in [5.74, 6) is 1.54. The molecular weight excluding hydrogens is 457 g/mol. The lowest BCUT2D eigenvalue weighted by Crippen LogP contribution is -2.39. The van der Waals surface area contributed by atoms with Gasteiger partial charge in [0.05, 0.1) is 7.11 Å². The lowest BCUT2D eigenvalue weighted by atomic mass is 9.89. The first-order chi connectivity index (χ1) is 16.1. The molecule has 1 unspecified atom stereocenters. The van der Waals surface area contributed by atoms with E-state index in [0.717, 1.165) is 38.2 Å². The molecule has 2 aromatic rings. The van der Waals surface area contributed by atoms with Crippen LogP contribution >= 0.6 is 12.4 Å². The van der Waals surface area contributed by atoms with Crippen molar-refractivity contribution in [1.29, 1.82) is 0 Å². The second-order valence-corrected chi connectivity index (χ2v) is 9.06. The van der Waals surface area contributed by atoms with E-state index in [1.807, 2.05) is 4.90 Å². The fourth-order valence-corrected chi connectivity index (χ4v) is 5.06. The van der Waals surface area contributed by atoms with Gasteiger partial charge in [-0.1, -0.05) is 26.2 Å². The zero-order valence-corrected chi connectivity index (χ0v) is 21.0. The van der Waals surface area contributed by atoms with Gasteiger partial charge in [0.15, 0.2) is 11.6 Å². The summed E-state index contributed by atoms with van der Waals surface area (Å²) >= 11 is 0. The van der Waals surface area contributed by atoms with Crippen molar-refractivity contribution in [2.75, 3.05) is 49.2 Å². The first-order valence-electron chi connectivity index (χ1n) is 12.2. The van der Waals surface area contributed by atoms with Crippen LogP contribution in [0.1, 0.15) is 51.9 Å². The Morgan fingerprint density at radius 3 is 2.68 bits per heavy atom. The van der Waals surface area contributed by atoms with Gasteiger partial charge in [0, 0.05) is 30.9 Å². The summed E-state index contributed by atoms with van der Waals surface area (Å²) in [6.07, 6.45) is 8.61. The average Bonchev–Trinajstić information content (AvgIpc) is 3.29. The van der Waals surface area contributed by atoms with Crippen LogP contribution in [0.15, 0.2) is 18.2 Å². The first-order valence-corrected chi connectivity index (χ1v) is 12.2. The van der Waals surface area contributed by atoms with Gasteiger partial charge in [0.25, 0.3) is 0 Å². The third-order valence-electron chi connectivity index (χ3n) is 6.90. The first kappa shape index (κ1) is 26.2. The maximum atomic E-state index is 14.1. The Balaban J connectivity index is 0.00000324. The largest absolute Gasteiger partial charge is 0.494 e. The van der Waals surface area contributed by atoms with Gasteiger partial charge >= 0.3 is 0 Å². The number of anilines is 4. The van der Waals surface area contributed by atoms with Crippen LogP contribution in [-0.2, 0) is 0 Å². The lowest BCUT2D eigenvalue weighted by molar-refractivity contribution is 0.271. The Hall–Kier alpha value is -2.39. The second-order valence-electron chi connectivity index (χ2n) is 9.06. The molecule has 0 spiro atoms. The molecule has 1 saturated carbocycles. The van der Waals surface area contributed by atoms with Gasteiger partial charge in [-0.2, -0.15) is 15.0 Å². The van der Waals surface area contributed by atoms with Crippen molar-refractivity contribution in [3.8, 4) is 5.75 Å². The highest BCUT2D eigenvalue weighted by atomic mass is 35.5. The van der Waals surface area contributed by atoms with Crippen LogP contribution in [0.5, 0.6) is 5.75 Å². The molecule has 0 radical (unpaired) electrons. The second kappa shape index (κ2) is 12.4. The number of methoxy groups -OCH3 is 1. The van der Waals surface area contributed by atoms with E-state index in [0.29, 0.717) is 30.4 Å². The minimum absolute atomic E-state index is 0. The molecule has 0 bridgehead atoms. The number of likely N-dealkylation sites (N-methyl/N-ethyl adjacent to an activating group) is 1. The van der Waals surface area contributed by atoms with Crippen LogP contribution in [0.3, 0.4) is 0 Å². The van der Waals surface area contributed by atoms with Crippen molar-refractivity contribution in [3.05, 3.63) is 24.0 Å². The van der Waals surface area contributed by atoms with Gasteiger partial charge in [-0.25, -0.2) is 4.39 Å². The summed E-state index contributed by atoms with van der Waals surface area (Å²) in [5.41, 5.74) is 6.87. The third kappa shape index (κ3) is 6.39. The molecule has 0 amide bonds. The molecule has 3 N–H and O–H groups in total. The van der Waals surface area contributed by atoms with Crippen LogP contribution in [-0.4, -0.2) is 59.2 Å². The molecule has 2 aliphatic rings. The average molecular weight is 494 g/mol. The van der Waals surface area contributed by atoms with Crippen molar-refractivity contribution in [2.45, 2.75) is 57.9 Å². The fourth-order valence-electron chi connectivity index (χ4n) is 5.06. The van der Waals surface area contributed by atoms with E-state index < -0.39 is 5.82 Å². The molecule has 188 valence electrons. The fraction of sp³-hybridized carbons (Fsp3) is 0.625. The van der Waals surface area contributed by atoms with Gasteiger partial charge in [0.2, 0.25) is 17.8 Å². The number of rotatable bonds is 9. The van der Waals surface area contributed by atoms with Gasteiger partial charge in [-0.3, -0.25) is 4.90 Å². The minimum Gasteiger partial charge on any atom is -0.494 e. The number of halogens is 2. The highest BCUT2D eigenvalue weighted by Gasteiger charge is 2.28. The number of likely N-dealkylation sites (tertiary alicyclic amines) is 1. The molecular formula is C24H37ClFN7O. The molecule has 2 fully saturated rings. The molecule has 1 aliphatic carbocycles. The van der Waals surface area contributed by atoms with Crippen LogP contribution in [0.25, 0.3) is 0 Å². The summed E-state index contributed by atoms with van der Waals surface area (Å²) in [4.78, 5) is 18.0. The Morgan fingerprint density at radius 2 is 1.94 bits per heavy atom. The summed E-state index contributed by atoms with van der Waals surface area (Å²) in [6.45, 7) is 5.75. The molecule has 10 heteroatoms. The SMILES string of the molecule is CCN1CCCC1CN(c1ccc(F)c(OC)c1)c1nc(N)nc(NCC2CCCCC2)n1.Cl. The van der Waals surface area contributed by atoms with Crippen molar-refractivity contribution in [3.63, 3.8) is 0 Å². The number of aromatic nitrogens is 3. The number of hydrogen-bond donors (Lipinski definition) is 2. The zero-order valence-electron chi connectivity index (χ0n) is 20.2. The summed E-state index contributed by atoms with van der Waals surface area (Å²) in [5, 5.41) is 3.38. The highest BCUT2D eigenvalue weighted by molar-refractivity contribution is 5.85. The van der Waals surface area contributed by atoms with Gasteiger partial charge in [-0.15, -0.1) is 12.4 Å². The van der Waals surface area contributed by atoms with E-state index in [-0.39, 0.29) is 24.1 Å². The van der Waals surface area contributed by atoms with Crippen LogP contribution in [0, 0.1) is 11.7 Å². The Bertz CT molecular complexity index is 928. The molecule has 34 heavy (non-hydrogen) atoms. The van der Waals surface area contributed by atoms with E-state index >= 15 is 0 Å². The predicted octanol–water partition coefficient (Wildman–Crippen LogP) is 4.64. The Kier molecular flexibility index (Phi) is 9.53. The molecule has 1 aromatic heterocycles. The van der Waals surface area contributed by atoms with Crippen LogP contribution < -0.4 is 20.7 Å². The normalized spacial score (nSPS) is 19.0. The monoisotopic (exact) mass is 493 g/mol. The topological polar surface area (TPSA) is 92.4 Å². The van der Waals surface area contributed by atoms with Gasteiger partial charge in [-0.05, 0) is 56.8 Å². The van der Waals surface area contributed by atoms with Gasteiger partial charge < -0.3 is 20.7 Å². The quantitative estimate of drug-likeness (QED) is 0.522. The number of nitrogens with two attached hydrogens (primary N) is 1. The number of benzene rings is 1. The smallest absolute Gasteiger partial charge is 0.236 e. The molecule has 1 saturated heterocycles. The molecule has 2 heterocycles. The maximum absolute atomic E-state index is 14.1. The molecule has 1 atom stereocenters. The van der Waals surface area contributed by atoms with E-state index in [1.165, 1.54) is 45.3 Å². The highest BCUT2D eigenvalue weighted by Crippen LogP contribution is 2.31. The van der Waals surface area contributed by atoms with Crippen molar-refractivity contribution >= 4 is 35.9 Å². The van der Waals surface area contributed by atoms with Crippen LogP contribution in [0.4, 0.5) is 27.9 Å². The molecule has 1 aliphatic heterocycles. The number of hydrogen-bond acceptors (Lipinski definition) is 8. The number of ether oxygens (including phenoxy) is 1. The Morgan fingerprint density at radius 1 is 1.15 bits per heavy atom. The Labute approximate surface area is 207 Å². The summed E-state index contributed by atoms with van der Waals surface area (Å²) < 4.78 is 19.4. The minimum atomic E-state index is -0.401. The molecule has 4 rings (SSSR count). The number of nitrogens with zero attached hydrogens (tertiary/aromatic N) is 5. The number of nitrogen functional groups attached to an aromatic ring is 1. The number of nitrogens with one attached hydrogen (secondary N) is 1. The lowest BCUT2D eigenvalue weighted by Gasteiger charge is -2.31. The van der Waals surface area contributed by atoms with E-state index in [1.54, 1.807) is 12.1 Å².